The van der Waals surface area contributed by atoms with Crippen molar-refractivity contribution in [1.82, 2.24) is 24.4 Å². The first-order valence-corrected chi connectivity index (χ1v) is 10.3. The zero-order valence-corrected chi connectivity index (χ0v) is 15.9. The third-order valence-electron chi connectivity index (χ3n) is 4.12. The molecule has 1 saturated heterocycles. The molecule has 0 N–H and O–H groups in total. The van der Waals surface area contributed by atoms with Crippen LogP contribution in [0.4, 0.5) is 5.95 Å². The molecule has 9 heteroatoms. The van der Waals surface area contributed by atoms with Crippen molar-refractivity contribution in [2.24, 2.45) is 0 Å². The van der Waals surface area contributed by atoms with E-state index in [0.717, 1.165) is 35.6 Å². The van der Waals surface area contributed by atoms with Gasteiger partial charge in [-0.2, -0.15) is 0 Å². The molecule has 0 unspecified atom stereocenters. The second-order valence-corrected chi connectivity index (χ2v) is 8.08. The van der Waals surface area contributed by atoms with Gasteiger partial charge in [0, 0.05) is 30.4 Å². The number of aromatic nitrogens is 5. The highest BCUT2D eigenvalue weighted by atomic mass is 35.5. The van der Waals surface area contributed by atoms with Crippen LogP contribution >= 0.6 is 34.9 Å². The van der Waals surface area contributed by atoms with Gasteiger partial charge in [-0.3, -0.25) is 4.57 Å². The second kappa shape index (κ2) is 7.72. The van der Waals surface area contributed by atoms with Crippen LogP contribution in [0.3, 0.4) is 0 Å². The van der Waals surface area contributed by atoms with Crippen LogP contribution < -0.4 is 4.90 Å². The van der Waals surface area contributed by atoms with E-state index < -0.39 is 0 Å². The van der Waals surface area contributed by atoms with E-state index in [2.05, 4.69) is 41.4 Å². The molecule has 0 aliphatic carbocycles. The van der Waals surface area contributed by atoms with E-state index >= 15 is 0 Å². The molecule has 2 aromatic heterocycles. The van der Waals surface area contributed by atoms with E-state index in [4.69, 9.17) is 11.6 Å². The summed E-state index contributed by atoms with van der Waals surface area (Å²) in [6, 6.07) is 10.2. The van der Waals surface area contributed by atoms with Gasteiger partial charge < -0.3 is 4.90 Å². The molecule has 0 bridgehead atoms. The second-order valence-electron chi connectivity index (χ2n) is 5.78. The Morgan fingerprint density at radius 3 is 2.56 bits per heavy atom. The lowest BCUT2D eigenvalue weighted by atomic mass is 10.1. The number of anilines is 1. The largest absolute Gasteiger partial charge is 0.341 e. The molecule has 0 amide bonds. The van der Waals surface area contributed by atoms with Gasteiger partial charge >= 0.3 is 0 Å². The minimum absolute atomic E-state index is 0.625. The standard InChI is InChI=1S/C16H17ClN6S2/c17-14-13(18-21-25-14)11-24-16-20-19-15(22-9-5-2-6-10-22)23(16)12-7-3-1-4-8-12/h1,3-4,7-8H,2,5-6,9-11H2. The monoisotopic (exact) mass is 392 g/mol. The molecule has 0 spiro atoms. The summed E-state index contributed by atoms with van der Waals surface area (Å²) in [6.45, 7) is 2.05. The Balaban J connectivity index is 1.66. The van der Waals surface area contributed by atoms with Crippen LogP contribution in [0.1, 0.15) is 25.0 Å². The number of hydrogen-bond donors (Lipinski definition) is 0. The lowest BCUT2D eigenvalue weighted by Gasteiger charge is -2.27. The summed E-state index contributed by atoms with van der Waals surface area (Å²) in [4.78, 5) is 2.32. The van der Waals surface area contributed by atoms with Crippen molar-refractivity contribution >= 4 is 40.8 Å². The van der Waals surface area contributed by atoms with Crippen LogP contribution in [-0.4, -0.2) is 37.4 Å². The maximum Gasteiger partial charge on any atom is 0.232 e. The molecule has 4 rings (SSSR count). The topological polar surface area (TPSA) is 59.7 Å². The number of hydrogen-bond acceptors (Lipinski definition) is 7. The Morgan fingerprint density at radius 2 is 1.84 bits per heavy atom. The third kappa shape index (κ3) is 3.65. The number of benzene rings is 1. The summed E-state index contributed by atoms with van der Waals surface area (Å²) in [5.74, 6) is 1.54. The lowest BCUT2D eigenvalue weighted by molar-refractivity contribution is 0.564. The van der Waals surface area contributed by atoms with E-state index in [-0.39, 0.29) is 0 Å². The SMILES string of the molecule is Clc1snnc1CSc1nnc(N2CCCCC2)n1-c1ccccc1. The van der Waals surface area contributed by atoms with Crippen molar-refractivity contribution in [3.05, 3.63) is 40.4 Å². The highest BCUT2D eigenvalue weighted by Crippen LogP contribution is 2.31. The molecule has 1 fully saturated rings. The van der Waals surface area contributed by atoms with Crippen molar-refractivity contribution in [2.75, 3.05) is 18.0 Å². The van der Waals surface area contributed by atoms with E-state index in [9.17, 15) is 0 Å². The van der Waals surface area contributed by atoms with Gasteiger partial charge in [0.15, 0.2) is 5.16 Å². The van der Waals surface area contributed by atoms with Crippen molar-refractivity contribution < 1.29 is 0 Å². The van der Waals surface area contributed by atoms with Gasteiger partial charge in [0.2, 0.25) is 5.95 Å². The molecule has 0 radical (unpaired) electrons. The van der Waals surface area contributed by atoms with Gasteiger partial charge in [0.05, 0.1) is 5.69 Å². The maximum absolute atomic E-state index is 6.12. The Kier molecular flexibility index (Phi) is 5.19. The smallest absolute Gasteiger partial charge is 0.232 e. The van der Waals surface area contributed by atoms with E-state index in [1.54, 1.807) is 11.8 Å². The number of halogens is 1. The van der Waals surface area contributed by atoms with Crippen LogP contribution in [0.2, 0.25) is 4.34 Å². The Hall–Kier alpha value is -1.64. The van der Waals surface area contributed by atoms with Gasteiger partial charge in [0.25, 0.3) is 0 Å². The number of thioether (sulfide) groups is 1. The predicted molar refractivity (Wildman–Crippen MR) is 102 cm³/mol. The molecule has 1 aliphatic heterocycles. The molecule has 1 aromatic carbocycles. The van der Waals surface area contributed by atoms with Crippen LogP contribution in [0, 0.1) is 0 Å². The molecule has 3 heterocycles. The summed E-state index contributed by atoms with van der Waals surface area (Å²) < 4.78 is 6.65. The highest BCUT2D eigenvalue weighted by Gasteiger charge is 2.22. The van der Waals surface area contributed by atoms with Crippen molar-refractivity contribution in [3.8, 4) is 5.69 Å². The first-order chi connectivity index (χ1) is 12.3. The fourth-order valence-corrected chi connectivity index (χ4v) is 4.55. The number of para-hydroxylation sites is 1. The van der Waals surface area contributed by atoms with Crippen LogP contribution in [0.15, 0.2) is 35.5 Å². The fraction of sp³-hybridized carbons (Fsp3) is 0.375. The van der Waals surface area contributed by atoms with Crippen molar-refractivity contribution in [3.63, 3.8) is 0 Å². The lowest BCUT2D eigenvalue weighted by Crippen LogP contribution is -2.31. The molecular weight excluding hydrogens is 376 g/mol. The number of piperidine rings is 1. The van der Waals surface area contributed by atoms with E-state index in [1.165, 1.54) is 30.8 Å². The number of rotatable bonds is 5. The Bertz CT molecular complexity index is 828. The molecule has 6 nitrogen and oxygen atoms in total. The zero-order chi connectivity index (χ0) is 17.1. The number of nitrogens with zero attached hydrogens (tertiary/aromatic N) is 6. The third-order valence-corrected chi connectivity index (χ3v) is 6.04. The average Bonchev–Trinajstić information content (AvgIpc) is 3.27. The Labute approximate surface area is 159 Å². The normalized spacial score (nSPS) is 14.8. The average molecular weight is 393 g/mol. The van der Waals surface area contributed by atoms with Crippen LogP contribution in [0.5, 0.6) is 0 Å². The summed E-state index contributed by atoms with van der Waals surface area (Å²) in [5.41, 5.74) is 1.86. The molecule has 0 atom stereocenters. The molecule has 130 valence electrons. The first-order valence-electron chi connectivity index (χ1n) is 8.18. The highest BCUT2D eigenvalue weighted by molar-refractivity contribution is 7.98. The van der Waals surface area contributed by atoms with Gasteiger partial charge in [-0.05, 0) is 31.4 Å². The minimum Gasteiger partial charge on any atom is -0.341 e. The van der Waals surface area contributed by atoms with Crippen LogP contribution in [0.25, 0.3) is 5.69 Å². The molecule has 3 aromatic rings. The van der Waals surface area contributed by atoms with Crippen molar-refractivity contribution in [2.45, 2.75) is 30.2 Å². The minimum atomic E-state index is 0.625. The fourth-order valence-electron chi connectivity index (χ4n) is 2.87. The van der Waals surface area contributed by atoms with E-state index in [1.807, 2.05) is 18.2 Å². The molecular formula is C16H17ClN6S2. The van der Waals surface area contributed by atoms with Gasteiger partial charge in [-0.15, -0.1) is 15.3 Å². The maximum atomic E-state index is 6.12. The van der Waals surface area contributed by atoms with Gasteiger partial charge in [0.1, 0.15) is 10.0 Å². The van der Waals surface area contributed by atoms with E-state index in [0.29, 0.717) is 10.1 Å². The van der Waals surface area contributed by atoms with Crippen molar-refractivity contribution in [1.29, 1.82) is 0 Å². The van der Waals surface area contributed by atoms with Gasteiger partial charge in [-0.1, -0.05) is 46.1 Å². The quantitative estimate of drug-likeness (QED) is 0.610. The summed E-state index contributed by atoms with van der Waals surface area (Å²) >= 11 is 8.91. The first kappa shape index (κ1) is 16.8. The zero-order valence-electron chi connectivity index (χ0n) is 13.5. The summed E-state index contributed by atoms with van der Waals surface area (Å²) in [5, 5.41) is 13.9. The summed E-state index contributed by atoms with van der Waals surface area (Å²) in [6.07, 6.45) is 3.68. The molecule has 0 saturated carbocycles. The predicted octanol–water partition coefficient (Wildman–Crippen LogP) is 4.05. The Morgan fingerprint density at radius 1 is 1.04 bits per heavy atom. The summed E-state index contributed by atoms with van der Waals surface area (Å²) in [7, 11) is 0. The molecule has 25 heavy (non-hydrogen) atoms. The van der Waals surface area contributed by atoms with Crippen LogP contribution in [-0.2, 0) is 5.75 Å². The van der Waals surface area contributed by atoms with Gasteiger partial charge in [-0.25, -0.2) is 0 Å². The molecule has 1 aliphatic rings.